The molecule has 0 radical (unpaired) electrons. The predicted octanol–water partition coefficient (Wildman–Crippen LogP) is 0.442. The third-order valence-electron chi connectivity index (χ3n) is 3.44. The number of benzene rings is 1. The summed E-state index contributed by atoms with van der Waals surface area (Å²) in [5.41, 5.74) is 2.33. The maximum atomic E-state index is 12.4. The van der Waals surface area contributed by atoms with Crippen molar-refractivity contribution in [2.45, 2.75) is 25.7 Å². The third-order valence-corrected chi connectivity index (χ3v) is 5.20. The Kier molecular flexibility index (Phi) is 4.52. The predicted molar refractivity (Wildman–Crippen MR) is 81.0 cm³/mol. The second-order valence-corrected chi connectivity index (χ2v) is 7.03. The summed E-state index contributed by atoms with van der Waals surface area (Å²) in [6.45, 7) is 5.34. The number of hydrogen-bond donors (Lipinski definition) is 2. The summed E-state index contributed by atoms with van der Waals surface area (Å²) < 4.78 is 27.3. The second-order valence-electron chi connectivity index (χ2n) is 5.33. The lowest BCUT2D eigenvalue weighted by atomic mass is 10.1. The van der Waals surface area contributed by atoms with Crippen molar-refractivity contribution >= 4 is 22.0 Å². The fourth-order valence-corrected chi connectivity index (χ4v) is 4.11. The first-order chi connectivity index (χ1) is 10.2. The molecule has 1 aliphatic heterocycles. The van der Waals surface area contributed by atoms with Crippen molar-refractivity contribution in [2.75, 3.05) is 19.6 Å². The molecule has 22 heavy (non-hydrogen) atoms. The molecule has 0 unspecified atom stereocenters. The van der Waals surface area contributed by atoms with Crippen LogP contribution < -0.4 is 10.0 Å². The van der Waals surface area contributed by atoms with E-state index in [4.69, 9.17) is 0 Å². The van der Waals surface area contributed by atoms with Crippen molar-refractivity contribution < 1.29 is 18.0 Å². The SMILES string of the molecule is Cc1cc(C)c(S(=O)(=O)NCCN2C(=O)CNC2=O)c(C)c1. The molecule has 120 valence electrons. The molecule has 0 atom stereocenters. The first kappa shape index (κ1) is 16.4. The van der Waals surface area contributed by atoms with E-state index >= 15 is 0 Å². The van der Waals surface area contributed by atoms with Gasteiger partial charge in [-0.25, -0.2) is 17.9 Å². The molecule has 2 rings (SSSR count). The van der Waals surface area contributed by atoms with Crippen LogP contribution >= 0.6 is 0 Å². The van der Waals surface area contributed by atoms with Crippen LogP contribution in [0.2, 0.25) is 0 Å². The molecule has 8 heteroatoms. The van der Waals surface area contributed by atoms with Crippen LogP contribution in [0.15, 0.2) is 17.0 Å². The van der Waals surface area contributed by atoms with Gasteiger partial charge in [-0.15, -0.1) is 0 Å². The minimum atomic E-state index is -3.68. The van der Waals surface area contributed by atoms with E-state index in [1.165, 1.54) is 0 Å². The van der Waals surface area contributed by atoms with Crippen LogP contribution in [0.25, 0.3) is 0 Å². The van der Waals surface area contributed by atoms with Crippen molar-refractivity contribution in [1.29, 1.82) is 0 Å². The Morgan fingerprint density at radius 1 is 1.18 bits per heavy atom. The van der Waals surface area contributed by atoms with E-state index in [1.807, 2.05) is 6.92 Å². The van der Waals surface area contributed by atoms with Gasteiger partial charge in [0.1, 0.15) is 0 Å². The first-order valence-electron chi connectivity index (χ1n) is 6.88. The van der Waals surface area contributed by atoms with Gasteiger partial charge >= 0.3 is 6.03 Å². The summed E-state index contributed by atoms with van der Waals surface area (Å²) in [4.78, 5) is 24.0. The number of aryl methyl sites for hydroxylation is 3. The number of urea groups is 1. The quantitative estimate of drug-likeness (QED) is 0.768. The molecule has 0 bridgehead atoms. The van der Waals surface area contributed by atoms with Gasteiger partial charge in [-0.2, -0.15) is 0 Å². The van der Waals surface area contributed by atoms with Gasteiger partial charge in [0.05, 0.1) is 11.4 Å². The molecule has 1 aliphatic rings. The normalized spacial score (nSPS) is 15.3. The van der Waals surface area contributed by atoms with Crippen molar-refractivity contribution in [3.63, 3.8) is 0 Å². The van der Waals surface area contributed by atoms with Crippen LogP contribution in [0.3, 0.4) is 0 Å². The summed E-state index contributed by atoms with van der Waals surface area (Å²) in [7, 11) is -3.68. The molecule has 1 aromatic carbocycles. The molecule has 2 N–H and O–H groups in total. The highest BCUT2D eigenvalue weighted by Gasteiger charge is 2.28. The van der Waals surface area contributed by atoms with Crippen LogP contribution in [0.5, 0.6) is 0 Å². The number of sulfonamides is 1. The molecule has 0 spiro atoms. The van der Waals surface area contributed by atoms with Gasteiger partial charge in [-0.3, -0.25) is 9.69 Å². The van der Waals surface area contributed by atoms with Gasteiger partial charge < -0.3 is 5.32 Å². The average molecular weight is 325 g/mol. The van der Waals surface area contributed by atoms with Crippen LogP contribution in [-0.4, -0.2) is 44.9 Å². The van der Waals surface area contributed by atoms with Crippen molar-refractivity contribution in [2.24, 2.45) is 0 Å². The number of nitrogens with zero attached hydrogens (tertiary/aromatic N) is 1. The zero-order chi connectivity index (χ0) is 16.5. The van der Waals surface area contributed by atoms with E-state index < -0.39 is 16.1 Å². The van der Waals surface area contributed by atoms with Crippen LogP contribution in [0.1, 0.15) is 16.7 Å². The number of nitrogens with one attached hydrogen (secondary N) is 2. The van der Waals surface area contributed by atoms with Crippen molar-refractivity contribution in [1.82, 2.24) is 14.9 Å². The van der Waals surface area contributed by atoms with Crippen molar-refractivity contribution in [3.05, 3.63) is 28.8 Å². The number of carbonyl (C=O) groups is 2. The summed E-state index contributed by atoms with van der Waals surface area (Å²) in [6.07, 6.45) is 0. The summed E-state index contributed by atoms with van der Waals surface area (Å²) in [6, 6.07) is 3.12. The lowest BCUT2D eigenvalue weighted by Gasteiger charge is -2.15. The molecule has 1 saturated heterocycles. The van der Waals surface area contributed by atoms with E-state index in [1.54, 1.807) is 26.0 Å². The average Bonchev–Trinajstić information content (AvgIpc) is 2.68. The fraction of sp³-hybridized carbons (Fsp3) is 0.429. The number of hydrogen-bond acceptors (Lipinski definition) is 4. The Hall–Kier alpha value is -1.93. The molecule has 7 nitrogen and oxygen atoms in total. The lowest BCUT2D eigenvalue weighted by molar-refractivity contribution is -0.124. The smallest absolute Gasteiger partial charge is 0.324 e. The molecule has 0 aliphatic carbocycles. The van der Waals surface area contributed by atoms with Gasteiger partial charge in [-0.05, 0) is 31.9 Å². The zero-order valence-corrected chi connectivity index (χ0v) is 13.6. The van der Waals surface area contributed by atoms with Gasteiger partial charge in [0.25, 0.3) is 0 Å². The van der Waals surface area contributed by atoms with Crippen molar-refractivity contribution in [3.8, 4) is 0 Å². The van der Waals surface area contributed by atoms with E-state index in [0.29, 0.717) is 11.1 Å². The largest absolute Gasteiger partial charge is 0.329 e. The molecular weight excluding hydrogens is 306 g/mol. The number of rotatable bonds is 5. The second kappa shape index (κ2) is 6.05. The maximum absolute atomic E-state index is 12.4. The first-order valence-corrected chi connectivity index (χ1v) is 8.36. The lowest BCUT2D eigenvalue weighted by Crippen LogP contribution is -2.38. The standard InChI is InChI=1S/C14H19N3O4S/c1-9-6-10(2)13(11(3)7-9)22(20,21)16-4-5-17-12(18)8-15-14(17)19/h6-7,16H,4-5,8H2,1-3H3,(H,15,19). The molecule has 1 aromatic rings. The molecule has 0 saturated carbocycles. The highest BCUT2D eigenvalue weighted by atomic mass is 32.2. The molecule has 0 aromatic heterocycles. The molecule has 1 heterocycles. The summed E-state index contributed by atoms with van der Waals surface area (Å²) in [5.74, 6) is -0.355. The molecule has 1 fully saturated rings. The Labute approximate surface area is 129 Å². The maximum Gasteiger partial charge on any atom is 0.324 e. The Bertz CT molecular complexity index is 689. The Morgan fingerprint density at radius 2 is 1.77 bits per heavy atom. The third kappa shape index (κ3) is 3.28. The monoisotopic (exact) mass is 325 g/mol. The molecule has 3 amide bonds. The van der Waals surface area contributed by atoms with Gasteiger partial charge in [-0.1, -0.05) is 17.7 Å². The zero-order valence-electron chi connectivity index (χ0n) is 12.8. The topological polar surface area (TPSA) is 95.6 Å². The van der Waals surface area contributed by atoms with Crippen LogP contribution in [0, 0.1) is 20.8 Å². The Balaban J connectivity index is 2.09. The van der Waals surface area contributed by atoms with Crippen LogP contribution in [0.4, 0.5) is 4.79 Å². The highest BCUT2D eigenvalue weighted by molar-refractivity contribution is 7.89. The Morgan fingerprint density at radius 3 is 2.27 bits per heavy atom. The van der Waals surface area contributed by atoms with Gasteiger partial charge in [0, 0.05) is 13.1 Å². The van der Waals surface area contributed by atoms with Gasteiger partial charge in [0.2, 0.25) is 15.9 Å². The van der Waals surface area contributed by atoms with E-state index in [-0.39, 0.29) is 30.4 Å². The van der Waals surface area contributed by atoms with E-state index in [0.717, 1.165) is 10.5 Å². The van der Waals surface area contributed by atoms with Crippen LogP contribution in [-0.2, 0) is 14.8 Å². The number of imide groups is 1. The van der Waals surface area contributed by atoms with E-state index in [2.05, 4.69) is 10.0 Å². The van der Waals surface area contributed by atoms with Gasteiger partial charge in [0.15, 0.2) is 0 Å². The minimum absolute atomic E-state index is 0.00779. The number of amides is 3. The summed E-state index contributed by atoms with van der Waals surface area (Å²) in [5, 5.41) is 2.38. The fourth-order valence-electron chi connectivity index (χ4n) is 2.64. The number of carbonyl (C=O) groups excluding carboxylic acids is 2. The highest BCUT2D eigenvalue weighted by Crippen LogP contribution is 2.21. The van der Waals surface area contributed by atoms with E-state index in [9.17, 15) is 18.0 Å². The molecular formula is C14H19N3O4S. The summed E-state index contributed by atoms with van der Waals surface area (Å²) >= 11 is 0. The minimum Gasteiger partial charge on any atom is -0.329 e.